The molecule has 2 aliphatic heterocycles. The zero-order valence-electron chi connectivity index (χ0n) is 25.0. The third kappa shape index (κ3) is 7.22. The van der Waals surface area contributed by atoms with Gasteiger partial charge in [0.1, 0.15) is 42.3 Å². The third-order valence-electron chi connectivity index (χ3n) is 9.08. The molecule has 44 heavy (non-hydrogen) atoms. The first-order chi connectivity index (χ1) is 21.0. The minimum atomic E-state index is -3.03. The lowest BCUT2D eigenvalue weighted by molar-refractivity contribution is -0.219. The van der Waals surface area contributed by atoms with Gasteiger partial charge in [-0.3, -0.25) is 4.79 Å². The molecule has 0 aromatic heterocycles. The predicted molar refractivity (Wildman–Crippen MR) is 157 cm³/mol. The van der Waals surface area contributed by atoms with Gasteiger partial charge in [0.25, 0.3) is 5.92 Å². The van der Waals surface area contributed by atoms with Crippen LogP contribution in [0.1, 0.15) is 67.9 Å². The standard InChI is InChI=1S/C33H41F2N3O6/c1-3-21-6-7-22(32-31(42)30(41)29(40)19(2)43-32)13-23(21)12-20-4-9-26(10-5-20)44-27-11-8-24(14-27)37-17-28(39)38-18-33(34,35)15-25(38)16-36/h4-7,9-10,13,19,24-25,27,29-32,37,40-42H,3,8,11-12,14-15,17-18H2,1-2H3/t19-,24+,25+,27+,29-,30+,31-,32+/m1/s1. The minimum Gasteiger partial charge on any atom is -0.490 e. The fourth-order valence-electron chi connectivity index (χ4n) is 6.52. The lowest BCUT2D eigenvalue weighted by atomic mass is 9.88. The number of benzene rings is 2. The van der Waals surface area contributed by atoms with Crippen LogP contribution in [0.5, 0.6) is 5.75 Å². The first-order valence-electron chi connectivity index (χ1n) is 15.3. The summed E-state index contributed by atoms with van der Waals surface area (Å²) in [7, 11) is 0. The Bertz CT molecular complexity index is 1350. The summed E-state index contributed by atoms with van der Waals surface area (Å²) in [6, 6.07) is 14.5. The highest BCUT2D eigenvalue weighted by Crippen LogP contribution is 2.34. The van der Waals surface area contributed by atoms with E-state index in [4.69, 9.17) is 14.7 Å². The summed E-state index contributed by atoms with van der Waals surface area (Å²) in [5.41, 5.74) is 4.07. The highest BCUT2D eigenvalue weighted by molar-refractivity contribution is 5.79. The van der Waals surface area contributed by atoms with Crippen LogP contribution in [0.2, 0.25) is 0 Å². The maximum absolute atomic E-state index is 13.7. The zero-order chi connectivity index (χ0) is 31.6. The van der Waals surface area contributed by atoms with Gasteiger partial charge >= 0.3 is 0 Å². The number of likely N-dealkylation sites (tertiary alicyclic amines) is 1. The molecule has 11 heteroatoms. The number of rotatable bonds is 9. The van der Waals surface area contributed by atoms with Crippen molar-refractivity contribution in [2.24, 2.45) is 0 Å². The number of carbonyl (C=O) groups is 1. The number of nitrogens with zero attached hydrogens (tertiary/aromatic N) is 2. The Morgan fingerprint density at radius 3 is 2.57 bits per heavy atom. The van der Waals surface area contributed by atoms with E-state index in [2.05, 4.69) is 12.2 Å². The smallest absolute Gasteiger partial charge is 0.268 e. The van der Waals surface area contributed by atoms with E-state index in [1.807, 2.05) is 42.5 Å². The molecule has 1 saturated carbocycles. The molecule has 0 unspecified atom stereocenters. The third-order valence-corrected chi connectivity index (χ3v) is 9.08. The molecule has 4 N–H and O–H groups in total. The summed E-state index contributed by atoms with van der Waals surface area (Å²) in [4.78, 5) is 13.5. The first-order valence-corrected chi connectivity index (χ1v) is 15.3. The summed E-state index contributed by atoms with van der Waals surface area (Å²) in [6.45, 7) is 2.95. The second kappa shape index (κ2) is 13.5. The van der Waals surface area contributed by atoms with E-state index >= 15 is 0 Å². The van der Waals surface area contributed by atoms with Gasteiger partial charge in [0.2, 0.25) is 5.91 Å². The highest BCUT2D eigenvalue weighted by atomic mass is 19.3. The topological polar surface area (TPSA) is 135 Å². The van der Waals surface area contributed by atoms with E-state index in [9.17, 15) is 28.9 Å². The Balaban J connectivity index is 1.14. The van der Waals surface area contributed by atoms with Crippen molar-refractivity contribution in [3.8, 4) is 11.8 Å². The number of ether oxygens (including phenoxy) is 2. The maximum Gasteiger partial charge on any atom is 0.268 e. The Kier molecular flexibility index (Phi) is 9.87. The van der Waals surface area contributed by atoms with Gasteiger partial charge in [-0.2, -0.15) is 5.26 Å². The Hall–Kier alpha value is -3.14. The second-order valence-corrected chi connectivity index (χ2v) is 12.3. The average Bonchev–Trinajstić information content (AvgIpc) is 3.60. The number of hydrogen-bond acceptors (Lipinski definition) is 8. The van der Waals surface area contributed by atoms with Gasteiger partial charge in [0.15, 0.2) is 0 Å². The molecule has 2 saturated heterocycles. The number of amides is 1. The molecule has 0 spiro atoms. The van der Waals surface area contributed by atoms with Gasteiger partial charge in [-0.15, -0.1) is 0 Å². The number of alkyl halides is 2. The summed E-state index contributed by atoms with van der Waals surface area (Å²) >= 11 is 0. The molecule has 8 atom stereocenters. The molecule has 2 aromatic carbocycles. The molecule has 3 fully saturated rings. The molecule has 0 bridgehead atoms. The van der Waals surface area contributed by atoms with Crippen LogP contribution in [0.15, 0.2) is 42.5 Å². The average molecular weight is 614 g/mol. The summed E-state index contributed by atoms with van der Waals surface area (Å²) in [5, 5.41) is 43.2. The molecule has 3 aliphatic rings. The van der Waals surface area contributed by atoms with Crippen molar-refractivity contribution in [1.82, 2.24) is 10.2 Å². The molecule has 1 amide bonds. The van der Waals surface area contributed by atoms with Crippen LogP contribution >= 0.6 is 0 Å². The van der Waals surface area contributed by atoms with E-state index in [0.29, 0.717) is 12.8 Å². The van der Waals surface area contributed by atoms with Crippen molar-refractivity contribution in [3.63, 3.8) is 0 Å². The van der Waals surface area contributed by atoms with Crippen molar-refractivity contribution in [2.75, 3.05) is 13.1 Å². The van der Waals surface area contributed by atoms with Crippen LogP contribution < -0.4 is 10.1 Å². The van der Waals surface area contributed by atoms with E-state index < -0.39 is 61.4 Å². The van der Waals surface area contributed by atoms with Crippen LogP contribution in [0.3, 0.4) is 0 Å². The quantitative estimate of drug-likeness (QED) is 0.339. The molecule has 238 valence electrons. The number of halogens is 2. The van der Waals surface area contributed by atoms with Crippen LogP contribution in [-0.4, -0.2) is 87.7 Å². The normalized spacial score (nSPS) is 31.5. The van der Waals surface area contributed by atoms with E-state index in [1.54, 1.807) is 13.0 Å². The Morgan fingerprint density at radius 2 is 1.86 bits per heavy atom. The molecule has 5 rings (SSSR count). The predicted octanol–water partition coefficient (Wildman–Crippen LogP) is 3.03. The monoisotopic (exact) mass is 613 g/mol. The number of aliphatic hydroxyl groups excluding tert-OH is 3. The van der Waals surface area contributed by atoms with Crippen LogP contribution in [0.25, 0.3) is 0 Å². The molecular weight excluding hydrogens is 572 g/mol. The van der Waals surface area contributed by atoms with Crippen molar-refractivity contribution in [3.05, 3.63) is 64.7 Å². The van der Waals surface area contributed by atoms with Gasteiger partial charge in [0, 0.05) is 12.5 Å². The molecule has 2 heterocycles. The van der Waals surface area contributed by atoms with Crippen LogP contribution in [-0.2, 0) is 22.4 Å². The van der Waals surface area contributed by atoms with Gasteiger partial charge in [0.05, 0.1) is 25.3 Å². The summed E-state index contributed by atoms with van der Waals surface area (Å²) < 4.78 is 39.4. The van der Waals surface area contributed by atoms with Gasteiger partial charge < -0.3 is 35.0 Å². The lowest BCUT2D eigenvalue weighted by Gasteiger charge is -2.39. The fraction of sp³-hybridized carbons (Fsp3) is 0.576. The van der Waals surface area contributed by atoms with E-state index in [1.165, 1.54) is 0 Å². The molecule has 0 radical (unpaired) electrons. The van der Waals surface area contributed by atoms with Crippen LogP contribution in [0, 0.1) is 11.3 Å². The fourth-order valence-corrected chi connectivity index (χ4v) is 6.52. The lowest BCUT2D eigenvalue weighted by Crippen LogP contribution is -2.53. The number of aryl methyl sites for hydroxylation is 1. The van der Waals surface area contributed by atoms with Gasteiger partial charge in [-0.1, -0.05) is 37.3 Å². The number of hydrogen-bond donors (Lipinski definition) is 4. The van der Waals surface area contributed by atoms with Gasteiger partial charge in [-0.05, 0) is 73.4 Å². The Labute approximate surface area is 256 Å². The molecule has 1 aliphatic carbocycles. The van der Waals surface area contributed by atoms with Gasteiger partial charge in [-0.25, -0.2) is 8.78 Å². The number of nitriles is 1. The van der Waals surface area contributed by atoms with Crippen LogP contribution in [0.4, 0.5) is 8.78 Å². The first kappa shape index (κ1) is 32.3. The summed E-state index contributed by atoms with van der Waals surface area (Å²) in [6.07, 6.45) is -1.95. The van der Waals surface area contributed by atoms with E-state index in [-0.39, 0.29) is 18.7 Å². The largest absolute Gasteiger partial charge is 0.490 e. The van der Waals surface area contributed by atoms with Crippen molar-refractivity contribution in [2.45, 2.75) is 107 Å². The van der Waals surface area contributed by atoms with Crippen molar-refractivity contribution in [1.29, 1.82) is 5.26 Å². The second-order valence-electron chi connectivity index (χ2n) is 12.3. The number of nitrogens with one attached hydrogen (secondary N) is 1. The minimum absolute atomic E-state index is 0.0191. The van der Waals surface area contributed by atoms with Crippen molar-refractivity contribution >= 4 is 5.91 Å². The molecule has 9 nitrogen and oxygen atoms in total. The maximum atomic E-state index is 13.7. The SMILES string of the molecule is CCc1ccc([C@@H]2O[C@H](C)[C@@H](O)[C@H](O)[C@H]2O)cc1Cc1ccc(O[C@H]2CC[C@H](NCC(=O)N3CC(F)(F)C[C@H]3C#N)C2)cc1. The number of carbonyl (C=O) groups excluding carboxylic acids is 1. The summed E-state index contributed by atoms with van der Waals surface area (Å²) in [5.74, 6) is -2.78. The Morgan fingerprint density at radius 1 is 1.11 bits per heavy atom. The highest BCUT2D eigenvalue weighted by Gasteiger charge is 2.47. The number of aliphatic hydroxyl groups is 3. The van der Waals surface area contributed by atoms with Crippen molar-refractivity contribution < 1.29 is 38.4 Å². The zero-order valence-corrected chi connectivity index (χ0v) is 25.0. The van der Waals surface area contributed by atoms with E-state index in [0.717, 1.165) is 52.2 Å². The molecule has 2 aromatic rings. The molecular formula is C33H41F2N3O6.